The number of carbonyl (C=O) groups is 4. The molecule has 0 bridgehead atoms. The molecule has 4 aromatic rings. The number of hydrogen-bond acceptors (Lipinski definition) is 13. The predicted molar refractivity (Wildman–Crippen MR) is 242 cm³/mol. The average Bonchev–Trinajstić information content (AvgIpc) is 3.94. The first-order valence-electron chi connectivity index (χ1n) is 21.4. The molecule has 1 spiro atoms. The second-order valence-electron chi connectivity index (χ2n) is 15.6. The van der Waals surface area contributed by atoms with Gasteiger partial charge in [0.2, 0.25) is 5.91 Å². The summed E-state index contributed by atoms with van der Waals surface area (Å²) in [5, 5.41) is 31.3. The fraction of sp³-hybridized carbons (Fsp3) is 0.535. The second kappa shape index (κ2) is 25.7. The van der Waals surface area contributed by atoms with Crippen LogP contribution in [0.15, 0.2) is 40.5 Å². The van der Waals surface area contributed by atoms with Crippen molar-refractivity contribution in [3.05, 3.63) is 77.8 Å². The number of aromatic hydroxyl groups is 1. The molecule has 0 saturated carbocycles. The van der Waals surface area contributed by atoms with Crippen molar-refractivity contribution in [2.24, 2.45) is 0 Å². The smallest absolute Gasteiger partial charge is 0.490 e. The summed E-state index contributed by atoms with van der Waals surface area (Å²) in [6.45, 7) is 11.6. The summed E-state index contributed by atoms with van der Waals surface area (Å²) < 4.78 is 76.5. The highest BCUT2D eigenvalue weighted by Gasteiger charge is 2.42. The summed E-state index contributed by atoms with van der Waals surface area (Å²) in [7, 11) is 0. The van der Waals surface area contributed by atoms with Crippen molar-refractivity contribution in [2.75, 3.05) is 72.2 Å². The SMILES string of the molecule is CCc1nc(C(=O)N2CCOC3(CCN(Cc4cccc(CCOCCC(=O)N(CC)CCNCCc5ccc(O)c6[nH]c(=O)sc56)c4Cl)CC3)C2)cs1.O=C(O)C(F)(F)F.O=C(O)C(F)(F)F. The van der Waals surface area contributed by atoms with Crippen molar-refractivity contribution >= 4 is 68.2 Å². The number of amides is 2. The van der Waals surface area contributed by atoms with Gasteiger partial charge in [-0.1, -0.05) is 54.1 Å². The van der Waals surface area contributed by atoms with E-state index in [0.717, 1.165) is 81.7 Å². The van der Waals surface area contributed by atoms with Crippen LogP contribution in [-0.2, 0) is 49.7 Å². The molecule has 16 nitrogen and oxygen atoms in total. The van der Waals surface area contributed by atoms with Gasteiger partial charge in [0.1, 0.15) is 17.0 Å². The van der Waals surface area contributed by atoms with Crippen LogP contribution in [0.3, 0.4) is 0 Å². The normalized spacial score (nSPS) is 15.0. The third-order valence-electron chi connectivity index (χ3n) is 10.9. The highest BCUT2D eigenvalue weighted by Crippen LogP contribution is 2.33. The Bertz CT molecular complexity index is 2350. The van der Waals surface area contributed by atoms with E-state index in [1.807, 2.05) is 40.3 Å². The largest absolute Gasteiger partial charge is 0.506 e. The van der Waals surface area contributed by atoms with Gasteiger partial charge in [-0.2, -0.15) is 26.3 Å². The van der Waals surface area contributed by atoms with Gasteiger partial charge in [0, 0.05) is 56.2 Å². The maximum atomic E-state index is 13.2. The van der Waals surface area contributed by atoms with Gasteiger partial charge >= 0.3 is 29.2 Å². The second-order valence-corrected chi connectivity index (χ2v) is 17.9. The van der Waals surface area contributed by atoms with Gasteiger partial charge in [-0.25, -0.2) is 14.6 Å². The minimum atomic E-state index is -5.08. The number of phenols is 1. The first kappa shape index (κ1) is 55.7. The number of halogens is 7. The molecule has 5 N–H and O–H groups in total. The van der Waals surface area contributed by atoms with E-state index < -0.39 is 24.3 Å². The predicted octanol–water partition coefficient (Wildman–Crippen LogP) is 6.37. The molecular weight excluding hydrogens is 974 g/mol. The van der Waals surface area contributed by atoms with E-state index >= 15 is 0 Å². The van der Waals surface area contributed by atoms with Crippen LogP contribution in [0.4, 0.5) is 26.3 Å². The Balaban J connectivity index is 0.000000626. The van der Waals surface area contributed by atoms with E-state index in [0.29, 0.717) is 89.6 Å². The van der Waals surface area contributed by atoms with Crippen molar-refractivity contribution in [3.8, 4) is 5.75 Å². The molecule has 2 saturated heterocycles. The summed E-state index contributed by atoms with van der Waals surface area (Å²) in [5.74, 6) is -5.37. The number of benzene rings is 2. The van der Waals surface area contributed by atoms with Crippen LogP contribution in [0.25, 0.3) is 10.2 Å². The molecule has 0 radical (unpaired) electrons. The van der Waals surface area contributed by atoms with Gasteiger partial charge in [-0.15, -0.1) is 11.3 Å². The monoisotopic (exact) mass is 1030 g/mol. The Morgan fingerprint density at radius 3 is 2.24 bits per heavy atom. The van der Waals surface area contributed by atoms with E-state index in [1.54, 1.807) is 17.4 Å². The number of aromatic nitrogens is 2. The number of aromatic amines is 1. The van der Waals surface area contributed by atoms with E-state index in [-0.39, 0.29) is 28.0 Å². The van der Waals surface area contributed by atoms with Crippen LogP contribution < -0.4 is 10.2 Å². The molecule has 376 valence electrons. The number of rotatable bonds is 17. The van der Waals surface area contributed by atoms with Crippen molar-refractivity contribution in [1.82, 2.24) is 30.0 Å². The van der Waals surface area contributed by atoms with Gasteiger partial charge in [-0.3, -0.25) is 19.3 Å². The van der Waals surface area contributed by atoms with Crippen LogP contribution in [0.2, 0.25) is 5.02 Å². The van der Waals surface area contributed by atoms with Crippen molar-refractivity contribution in [3.63, 3.8) is 0 Å². The number of thiazole rings is 2. The molecule has 4 heterocycles. The summed E-state index contributed by atoms with van der Waals surface area (Å²) in [4.78, 5) is 68.8. The number of morpholine rings is 1. The quantitative estimate of drug-likeness (QED) is 0.0575. The van der Waals surface area contributed by atoms with Gasteiger partial charge < -0.3 is 44.9 Å². The zero-order valence-corrected chi connectivity index (χ0v) is 39.5. The lowest BCUT2D eigenvalue weighted by molar-refractivity contribution is -0.193. The number of nitrogens with zero attached hydrogens (tertiary/aromatic N) is 4. The number of aliphatic carboxylic acids is 2. The number of aryl methyl sites for hydroxylation is 1. The Labute approximate surface area is 399 Å². The number of likely N-dealkylation sites (N-methyl/N-ethyl adjacent to an activating group) is 1. The van der Waals surface area contributed by atoms with Gasteiger partial charge in [0.25, 0.3) is 5.91 Å². The number of carboxylic acid groups (broad SMARTS) is 2. The third-order valence-corrected chi connectivity index (χ3v) is 13.3. The van der Waals surface area contributed by atoms with Crippen molar-refractivity contribution in [1.29, 1.82) is 0 Å². The fourth-order valence-electron chi connectivity index (χ4n) is 7.25. The minimum absolute atomic E-state index is 0.00298. The van der Waals surface area contributed by atoms with Crippen LogP contribution in [0.1, 0.15) is 65.3 Å². The van der Waals surface area contributed by atoms with E-state index in [9.17, 15) is 45.8 Å². The third kappa shape index (κ3) is 16.7. The lowest BCUT2D eigenvalue weighted by atomic mass is 9.89. The molecule has 2 amide bonds. The molecule has 68 heavy (non-hydrogen) atoms. The Morgan fingerprint density at radius 2 is 1.62 bits per heavy atom. The Kier molecular flexibility index (Phi) is 21.0. The highest BCUT2D eigenvalue weighted by atomic mass is 35.5. The van der Waals surface area contributed by atoms with Gasteiger partial charge in [-0.05, 0) is 68.3 Å². The molecule has 2 aromatic carbocycles. The summed E-state index contributed by atoms with van der Waals surface area (Å²) in [6, 6.07) is 9.62. The molecule has 2 aliphatic heterocycles. The number of carboxylic acids is 2. The lowest BCUT2D eigenvalue weighted by Crippen LogP contribution is -2.58. The Hall–Kier alpha value is -4.85. The number of phenolic OH excluding ortho intramolecular Hbond substituents is 1. The average molecular weight is 1030 g/mol. The topological polar surface area (TPSA) is 215 Å². The maximum absolute atomic E-state index is 13.2. The molecular formula is C43H53ClF6N6O10S2. The summed E-state index contributed by atoms with van der Waals surface area (Å²) in [5.41, 5.74) is 3.84. The fourth-order valence-corrected chi connectivity index (χ4v) is 9.15. The molecule has 25 heteroatoms. The number of carbonyl (C=O) groups excluding carboxylic acids is 2. The zero-order valence-electron chi connectivity index (χ0n) is 37.1. The van der Waals surface area contributed by atoms with Gasteiger partial charge in [0.05, 0.1) is 48.1 Å². The minimum Gasteiger partial charge on any atom is -0.506 e. The number of piperidine rings is 1. The lowest BCUT2D eigenvalue weighted by Gasteiger charge is -2.47. The van der Waals surface area contributed by atoms with Crippen LogP contribution in [0.5, 0.6) is 5.75 Å². The maximum Gasteiger partial charge on any atom is 0.490 e. The molecule has 2 fully saturated rings. The van der Waals surface area contributed by atoms with E-state index in [4.69, 9.17) is 40.9 Å². The van der Waals surface area contributed by atoms with E-state index in [1.165, 1.54) is 0 Å². The highest BCUT2D eigenvalue weighted by molar-refractivity contribution is 7.16. The number of H-pyrrole nitrogens is 1. The molecule has 2 aromatic heterocycles. The number of ether oxygens (including phenoxy) is 2. The number of fused-ring (bicyclic) bond motifs is 1. The number of alkyl halides is 6. The van der Waals surface area contributed by atoms with Crippen LogP contribution in [-0.4, -0.2) is 154 Å². The van der Waals surface area contributed by atoms with Crippen molar-refractivity contribution in [2.45, 2.75) is 76.9 Å². The van der Waals surface area contributed by atoms with Crippen molar-refractivity contribution < 1.29 is 70.3 Å². The summed E-state index contributed by atoms with van der Waals surface area (Å²) >= 11 is 9.56. The molecule has 0 aliphatic carbocycles. The molecule has 6 rings (SSSR count). The zero-order chi connectivity index (χ0) is 50.2. The van der Waals surface area contributed by atoms with Crippen LogP contribution in [0, 0.1) is 0 Å². The molecule has 0 atom stereocenters. The van der Waals surface area contributed by atoms with Crippen LogP contribution >= 0.6 is 34.3 Å². The first-order valence-corrected chi connectivity index (χ1v) is 23.5. The van der Waals surface area contributed by atoms with Gasteiger partial charge in [0.15, 0.2) is 0 Å². The summed E-state index contributed by atoms with van der Waals surface area (Å²) in [6.07, 6.45) is -5.94. The van der Waals surface area contributed by atoms with E-state index in [2.05, 4.69) is 33.2 Å². The number of nitrogens with one attached hydrogen (secondary N) is 2. The molecule has 0 unspecified atom stereocenters. The number of likely N-dealkylation sites (tertiary alicyclic amines) is 1. The molecule has 2 aliphatic rings. The standard InChI is InChI=1S/C39H51ClN6O6S2.2C2HF3O2/c1-3-32-42-30(25-53-32)37(49)46-20-23-52-39(26-46)13-17-44(18-14-39)24-29-7-5-6-27(34(29)40)11-21-51-22-12-33(48)45(4-2)19-16-41-15-10-28-8-9-31(47)35-36(28)54-38(50)43-35;2*3-2(4,5)1(6)7/h5-9,25,41,47H,3-4,10-24,26H2,1-2H3,(H,43,50);2*(H,6,7). The Morgan fingerprint density at radius 1 is 0.956 bits per heavy atom. The first-order chi connectivity index (χ1) is 32.1. The number of hydrogen-bond donors (Lipinski definition) is 5.